The highest BCUT2D eigenvalue weighted by atomic mass is 19.2. The Morgan fingerprint density at radius 2 is 1.72 bits per heavy atom. The Morgan fingerprint density at radius 1 is 1.00 bits per heavy atom. The first-order valence-corrected chi connectivity index (χ1v) is 5.03. The normalized spacial score (nSPS) is 11.0. The molecular weight excluding hydrogens is 243 g/mol. The lowest BCUT2D eigenvalue weighted by molar-refractivity contribution is 0.485. The van der Waals surface area contributed by atoms with Gasteiger partial charge in [0.1, 0.15) is 17.2 Å². The Morgan fingerprint density at radius 3 is 2.44 bits per heavy atom. The Hall–Kier alpha value is -2.48. The van der Waals surface area contributed by atoms with Gasteiger partial charge in [-0.1, -0.05) is 18.2 Å². The van der Waals surface area contributed by atoms with E-state index in [1.807, 2.05) is 0 Å². The quantitative estimate of drug-likeness (QED) is 0.565. The van der Waals surface area contributed by atoms with Crippen molar-refractivity contribution in [1.29, 1.82) is 5.26 Å². The lowest BCUT2D eigenvalue weighted by Gasteiger charge is -1.99. The molecule has 0 fully saturated rings. The molecule has 2 nitrogen and oxygen atoms in total. The maximum atomic E-state index is 14.0. The number of benzene rings is 2. The SMILES string of the molecule is N#Cc1c(F)c(F)c2oc3ccccc3c2c1F. The lowest BCUT2D eigenvalue weighted by atomic mass is 10.1. The maximum absolute atomic E-state index is 14.0. The van der Waals surface area contributed by atoms with E-state index in [1.54, 1.807) is 12.1 Å². The fourth-order valence-electron chi connectivity index (χ4n) is 1.95. The molecule has 88 valence electrons. The lowest BCUT2D eigenvalue weighted by Crippen LogP contribution is -1.96. The molecule has 2 aromatic carbocycles. The van der Waals surface area contributed by atoms with E-state index >= 15 is 0 Å². The third-order valence-electron chi connectivity index (χ3n) is 2.76. The molecule has 0 unspecified atom stereocenters. The summed E-state index contributed by atoms with van der Waals surface area (Å²) in [5.41, 5.74) is -1.21. The first-order chi connectivity index (χ1) is 8.65. The fraction of sp³-hybridized carbons (Fsp3) is 0. The van der Waals surface area contributed by atoms with Gasteiger partial charge in [-0.2, -0.15) is 9.65 Å². The second-order valence-corrected chi connectivity index (χ2v) is 3.73. The van der Waals surface area contributed by atoms with Gasteiger partial charge >= 0.3 is 0 Å². The summed E-state index contributed by atoms with van der Waals surface area (Å²) in [5.74, 6) is -3.97. The summed E-state index contributed by atoms with van der Waals surface area (Å²) in [6.07, 6.45) is 0. The van der Waals surface area contributed by atoms with Gasteiger partial charge in [0.25, 0.3) is 0 Å². The minimum Gasteiger partial charge on any atom is -0.453 e. The molecule has 1 aromatic heterocycles. The van der Waals surface area contributed by atoms with Gasteiger partial charge in [-0.05, 0) is 6.07 Å². The van der Waals surface area contributed by atoms with Crippen LogP contribution in [0.1, 0.15) is 5.56 Å². The Bertz CT molecular complexity index is 830. The van der Waals surface area contributed by atoms with Crippen LogP contribution < -0.4 is 0 Å². The molecule has 0 aliphatic carbocycles. The molecule has 0 amide bonds. The van der Waals surface area contributed by atoms with Crippen LogP contribution in [0.15, 0.2) is 28.7 Å². The zero-order valence-electron chi connectivity index (χ0n) is 8.80. The van der Waals surface area contributed by atoms with Crippen molar-refractivity contribution in [3.05, 3.63) is 47.3 Å². The molecule has 1 heterocycles. The summed E-state index contributed by atoms with van der Waals surface area (Å²) in [6.45, 7) is 0. The predicted octanol–water partition coefficient (Wildman–Crippen LogP) is 3.87. The highest BCUT2D eigenvalue weighted by Gasteiger charge is 2.24. The molecule has 0 aliphatic rings. The number of nitriles is 1. The van der Waals surface area contributed by atoms with Crippen LogP contribution in [0, 0.1) is 28.8 Å². The number of hydrogen-bond acceptors (Lipinski definition) is 2. The molecule has 18 heavy (non-hydrogen) atoms. The standard InChI is InChI=1S/C13H4F3NO/c14-10-7(5-17)11(15)12(16)13-9(10)6-3-1-2-4-8(6)18-13/h1-4H. The number of nitrogens with zero attached hydrogens (tertiary/aromatic N) is 1. The minimum absolute atomic E-state index is 0.207. The van der Waals surface area contributed by atoms with E-state index in [-0.39, 0.29) is 11.0 Å². The summed E-state index contributed by atoms with van der Waals surface area (Å²) < 4.78 is 46.2. The van der Waals surface area contributed by atoms with Crippen LogP contribution in [0.2, 0.25) is 0 Å². The highest BCUT2D eigenvalue weighted by molar-refractivity contribution is 6.05. The Labute approximate surface area is 98.8 Å². The maximum Gasteiger partial charge on any atom is 0.203 e. The number of rotatable bonds is 0. The van der Waals surface area contributed by atoms with Crippen LogP contribution in [0.25, 0.3) is 21.9 Å². The molecule has 0 N–H and O–H groups in total. The molecule has 3 rings (SSSR count). The summed E-state index contributed by atoms with van der Waals surface area (Å²) in [7, 11) is 0. The van der Waals surface area contributed by atoms with Crippen molar-refractivity contribution in [2.24, 2.45) is 0 Å². The molecule has 0 spiro atoms. The number of hydrogen-bond donors (Lipinski definition) is 0. The first-order valence-electron chi connectivity index (χ1n) is 5.03. The predicted molar refractivity (Wildman–Crippen MR) is 58.3 cm³/mol. The molecule has 5 heteroatoms. The highest BCUT2D eigenvalue weighted by Crippen LogP contribution is 2.35. The van der Waals surface area contributed by atoms with E-state index in [0.717, 1.165) is 0 Å². The van der Waals surface area contributed by atoms with Crippen LogP contribution in [0.3, 0.4) is 0 Å². The van der Waals surface area contributed by atoms with Crippen LogP contribution in [-0.4, -0.2) is 0 Å². The van der Waals surface area contributed by atoms with Crippen LogP contribution in [0.4, 0.5) is 13.2 Å². The number of fused-ring (bicyclic) bond motifs is 3. The van der Waals surface area contributed by atoms with E-state index < -0.39 is 28.6 Å². The van der Waals surface area contributed by atoms with Gasteiger partial charge in [-0.15, -0.1) is 0 Å². The van der Waals surface area contributed by atoms with Crippen molar-refractivity contribution < 1.29 is 17.6 Å². The van der Waals surface area contributed by atoms with Crippen molar-refractivity contribution >= 4 is 21.9 Å². The number of furan rings is 1. The smallest absolute Gasteiger partial charge is 0.203 e. The van der Waals surface area contributed by atoms with Gasteiger partial charge in [0.05, 0.1) is 5.39 Å². The average Bonchev–Trinajstić information content (AvgIpc) is 2.76. The van der Waals surface area contributed by atoms with Crippen molar-refractivity contribution in [3.8, 4) is 6.07 Å². The van der Waals surface area contributed by atoms with Crippen LogP contribution in [-0.2, 0) is 0 Å². The van der Waals surface area contributed by atoms with E-state index in [4.69, 9.17) is 9.68 Å². The molecule has 0 aliphatic heterocycles. The monoisotopic (exact) mass is 247 g/mol. The molecule has 0 bridgehead atoms. The van der Waals surface area contributed by atoms with Gasteiger partial charge in [-0.3, -0.25) is 0 Å². The minimum atomic E-state index is -1.53. The van der Waals surface area contributed by atoms with Crippen LogP contribution in [0.5, 0.6) is 0 Å². The largest absolute Gasteiger partial charge is 0.453 e. The van der Waals surface area contributed by atoms with Gasteiger partial charge in [0.2, 0.25) is 5.82 Å². The van der Waals surface area contributed by atoms with Crippen molar-refractivity contribution in [2.75, 3.05) is 0 Å². The van der Waals surface area contributed by atoms with E-state index in [9.17, 15) is 13.2 Å². The molecule has 0 radical (unpaired) electrons. The van der Waals surface area contributed by atoms with Crippen molar-refractivity contribution in [1.82, 2.24) is 0 Å². The third kappa shape index (κ3) is 1.17. The first kappa shape index (κ1) is 10.7. The zero-order chi connectivity index (χ0) is 12.9. The zero-order valence-corrected chi connectivity index (χ0v) is 8.80. The molecule has 3 aromatic rings. The summed E-state index contributed by atoms with van der Waals surface area (Å²) in [6, 6.07) is 7.59. The van der Waals surface area contributed by atoms with Gasteiger partial charge in [0.15, 0.2) is 17.2 Å². The number of para-hydroxylation sites is 1. The van der Waals surface area contributed by atoms with E-state index in [2.05, 4.69) is 0 Å². The second-order valence-electron chi connectivity index (χ2n) is 3.73. The number of halogens is 3. The van der Waals surface area contributed by atoms with Gasteiger partial charge in [0, 0.05) is 5.39 Å². The molecular formula is C13H4F3NO. The molecule has 0 atom stereocenters. The molecule has 0 saturated heterocycles. The van der Waals surface area contributed by atoms with Crippen molar-refractivity contribution in [3.63, 3.8) is 0 Å². The van der Waals surface area contributed by atoms with E-state index in [0.29, 0.717) is 5.39 Å². The summed E-state index contributed by atoms with van der Waals surface area (Å²) in [5, 5.41) is 8.76. The van der Waals surface area contributed by atoms with Crippen LogP contribution >= 0.6 is 0 Å². The average molecular weight is 247 g/mol. The van der Waals surface area contributed by atoms with Gasteiger partial charge < -0.3 is 4.42 Å². The summed E-state index contributed by atoms with van der Waals surface area (Å²) in [4.78, 5) is 0. The molecule has 0 saturated carbocycles. The Balaban J connectivity index is 2.67. The van der Waals surface area contributed by atoms with Gasteiger partial charge in [-0.25, -0.2) is 8.78 Å². The second kappa shape index (κ2) is 3.50. The third-order valence-corrected chi connectivity index (χ3v) is 2.76. The topological polar surface area (TPSA) is 36.9 Å². The summed E-state index contributed by atoms with van der Waals surface area (Å²) >= 11 is 0. The van der Waals surface area contributed by atoms with Crippen molar-refractivity contribution in [2.45, 2.75) is 0 Å². The van der Waals surface area contributed by atoms with E-state index in [1.165, 1.54) is 18.2 Å². The fourth-order valence-corrected chi connectivity index (χ4v) is 1.95. The Kier molecular flexibility index (Phi) is 2.08.